The van der Waals surface area contributed by atoms with Gasteiger partial charge in [-0.2, -0.15) is 0 Å². The molecule has 1 fully saturated rings. The highest BCUT2D eigenvalue weighted by Gasteiger charge is 2.34. The molecule has 0 aliphatic carbocycles. The van der Waals surface area contributed by atoms with Gasteiger partial charge in [0.2, 0.25) is 6.79 Å². The summed E-state index contributed by atoms with van der Waals surface area (Å²) in [5.41, 5.74) is 0.369. The lowest BCUT2D eigenvalue weighted by atomic mass is 10.0. The van der Waals surface area contributed by atoms with Crippen molar-refractivity contribution in [1.82, 2.24) is 4.90 Å². The number of para-hydroxylation sites is 1. The molecule has 0 spiro atoms. The lowest BCUT2D eigenvalue weighted by Gasteiger charge is -2.33. The number of fused-ring (bicyclic) bond motifs is 1. The van der Waals surface area contributed by atoms with Crippen LogP contribution in [0, 0.1) is 0 Å². The van der Waals surface area contributed by atoms with Crippen LogP contribution >= 0.6 is 0 Å². The lowest BCUT2D eigenvalue weighted by molar-refractivity contribution is -0.143. The number of aliphatic carboxylic acids is 1. The second-order valence-electron chi connectivity index (χ2n) is 4.89. The summed E-state index contributed by atoms with van der Waals surface area (Å²) in [5, 5.41) is 9.25. The maximum atomic E-state index is 12.6. The molecule has 106 valence electrons. The zero-order valence-corrected chi connectivity index (χ0v) is 10.9. The van der Waals surface area contributed by atoms with Crippen molar-refractivity contribution in [2.24, 2.45) is 0 Å². The number of benzene rings is 1. The molecule has 1 aromatic carbocycles. The van der Waals surface area contributed by atoms with Crippen molar-refractivity contribution in [3.63, 3.8) is 0 Å². The third kappa shape index (κ3) is 2.07. The van der Waals surface area contributed by atoms with Crippen molar-refractivity contribution < 1.29 is 24.2 Å². The molecular weight excluding hydrogens is 262 g/mol. The number of hydrogen-bond acceptors (Lipinski definition) is 4. The Balaban J connectivity index is 1.92. The van der Waals surface area contributed by atoms with Crippen LogP contribution in [0.5, 0.6) is 11.5 Å². The molecule has 2 aliphatic heterocycles. The highest BCUT2D eigenvalue weighted by atomic mass is 16.7. The number of carbonyl (C=O) groups is 2. The van der Waals surface area contributed by atoms with Gasteiger partial charge in [-0.25, -0.2) is 4.79 Å². The van der Waals surface area contributed by atoms with Gasteiger partial charge in [-0.15, -0.1) is 0 Å². The molecule has 6 heteroatoms. The van der Waals surface area contributed by atoms with Crippen LogP contribution < -0.4 is 9.47 Å². The highest BCUT2D eigenvalue weighted by molar-refractivity contribution is 6.00. The summed E-state index contributed by atoms with van der Waals surface area (Å²) in [6.07, 6.45) is 2.14. The second kappa shape index (κ2) is 5.03. The molecule has 0 unspecified atom stereocenters. The van der Waals surface area contributed by atoms with Gasteiger partial charge in [0, 0.05) is 6.54 Å². The molecule has 2 aliphatic rings. The van der Waals surface area contributed by atoms with E-state index in [0.717, 1.165) is 12.8 Å². The van der Waals surface area contributed by atoms with Crippen molar-refractivity contribution in [2.75, 3.05) is 13.3 Å². The smallest absolute Gasteiger partial charge is 0.326 e. The van der Waals surface area contributed by atoms with Gasteiger partial charge in [0.25, 0.3) is 5.91 Å². The van der Waals surface area contributed by atoms with E-state index in [1.165, 1.54) is 4.90 Å². The number of hydrogen-bond donors (Lipinski definition) is 1. The Morgan fingerprint density at radius 1 is 1.25 bits per heavy atom. The Bertz CT molecular complexity index is 556. The monoisotopic (exact) mass is 277 g/mol. The minimum atomic E-state index is -0.956. The standard InChI is InChI=1S/C14H15NO5/c16-13(15-7-2-1-5-10(15)14(17)18)9-4-3-6-11-12(9)20-8-19-11/h3-4,6,10H,1-2,5,7-8H2,(H,17,18)/t10-/m1/s1. The molecule has 0 aromatic heterocycles. The average Bonchev–Trinajstić information content (AvgIpc) is 2.94. The molecule has 3 rings (SSSR count). The van der Waals surface area contributed by atoms with Gasteiger partial charge < -0.3 is 19.5 Å². The molecule has 1 atom stereocenters. The molecule has 1 N–H and O–H groups in total. The van der Waals surface area contributed by atoms with Crippen LogP contribution in [0.3, 0.4) is 0 Å². The summed E-state index contributed by atoms with van der Waals surface area (Å²) in [6.45, 7) is 0.544. The van der Waals surface area contributed by atoms with Crippen LogP contribution in [0.1, 0.15) is 29.6 Å². The molecule has 2 heterocycles. The highest BCUT2D eigenvalue weighted by Crippen LogP contribution is 2.36. The topological polar surface area (TPSA) is 76.1 Å². The number of likely N-dealkylation sites (tertiary alicyclic amines) is 1. The molecule has 6 nitrogen and oxygen atoms in total. The molecular formula is C14H15NO5. The zero-order valence-electron chi connectivity index (χ0n) is 10.9. The van der Waals surface area contributed by atoms with E-state index in [4.69, 9.17) is 9.47 Å². The maximum absolute atomic E-state index is 12.6. The molecule has 0 radical (unpaired) electrons. The first kappa shape index (κ1) is 12.8. The van der Waals surface area contributed by atoms with E-state index >= 15 is 0 Å². The summed E-state index contributed by atoms with van der Waals surface area (Å²) in [4.78, 5) is 25.3. The Kier molecular flexibility index (Phi) is 3.22. The van der Waals surface area contributed by atoms with Gasteiger partial charge >= 0.3 is 5.97 Å². The quantitative estimate of drug-likeness (QED) is 0.886. The fourth-order valence-corrected chi connectivity index (χ4v) is 2.68. The Hall–Kier alpha value is -2.24. The van der Waals surface area contributed by atoms with E-state index in [-0.39, 0.29) is 12.7 Å². The van der Waals surface area contributed by atoms with Crippen molar-refractivity contribution in [3.8, 4) is 11.5 Å². The van der Waals surface area contributed by atoms with Crippen LogP contribution in [0.25, 0.3) is 0 Å². The SMILES string of the molecule is O=C(O)[C@H]1CCCCN1C(=O)c1cccc2c1OCO2. The van der Waals surface area contributed by atoms with Gasteiger partial charge in [-0.1, -0.05) is 6.07 Å². The predicted octanol–water partition coefficient (Wildman–Crippen LogP) is 1.49. The van der Waals surface area contributed by atoms with Crippen molar-refractivity contribution in [2.45, 2.75) is 25.3 Å². The first-order chi connectivity index (χ1) is 9.68. The Labute approximate surface area is 115 Å². The minimum absolute atomic E-state index is 0.0853. The van der Waals surface area contributed by atoms with Gasteiger partial charge in [0.05, 0.1) is 5.56 Å². The largest absolute Gasteiger partial charge is 0.480 e. The first-order valence-electron chi connectivity index (χ1n) is 6.61. The number of amides is 1. The lowest BCUT2D eigenvalue weighted by Crippen LogP contribution is -2.48. The van der Waals surface area contributed by atoms with Gasteiger partial charge in [-0.05, 0) is 31.4 Å². The average molecular weight is 277 g/mol. The van der Waals surface area contributed by atoms with Crippen LogP contribution in [0.15, 0.2) is 18.2 Å². The number of piperidine rings is 1. The van der Waals surface area contributed by atoms with Crippen molar-refractivity contribution >= 4 is 11.9 Å². The number of carboxylic acid groups (broad SMARTS) is 1. The van der Waals surface area contributed by atoms with Gasteiger partial charge in [-0.3, -0.25) is 4.79 Å². The van der Waals surface area contributed by atoms with Crippen molar-refractivity contribution in [3.05, 3.63) is 23.8 Å². The van der Waals surface area contributed by atoms with Gasteiger partial charge in [0.15, 0.2) is 11.5 Å². The minimum Gasteiger partial charge on any atom is -0.480 e. The molecule has 0 saturated carbocycles. The number of carbonyl (C=O) groups excluding carboxylic acids is 1. The molecule has 1 aromatic rings. The number of nitrogens with zero attached hydrogens (tertiary/aromatic N) is 1. The summed E-state index contributed by atoms with van der Waals surface area (Å²) in [6, 6.07) is 4.32. The predicted molar refractivity (Wildman–Crippen MR) is 68.9 cm³/mol. The number of ether oxygens (including phenoxy) is 2. The van der Waals surface area contributed by atoms with E-state index < -0.39 is 12.0 Å². The molecule has 20 heavy (non-hydrogen) atoms. The van der Waals surface area contributed by atoms with Crippen molar-refractivity contribution in [1.29, 1.82) is 0 Å². The molecule has 1 saturated heterocycles. The summed E-state index contributed by atoms with van der Waals surface area (Å²) in [7, 11) is 0. The summed E-state index contributed by atoms with van der Waals surface area (Å²) in [5.74, 6) is -0.325. The summed E-state index contributed by atoms with van der Waals surface area (Å²) < 4.78 is 10.6. The summed E-state index contributed by atoms with van der Waals surface area (Å²) >= 11 is 0. The van der Waals surface area contributed by atoms with E-state index in [1.807, 2.05) is 0 Å². The number of carboxylic acids is 1. The van der Waals surface area contributed by atoms with Crippen LogP contribution in [0.2, 0.25) is 0 Å². The van der Waals surface area contributed by atoms with Crippen LogP contribution in [-0.2, 0) is 4.79 Å². The molecule has 1 amide bonds. The van der Waals surface area contributed by atoms with E-state index in [1.54, 1.807) is 18.2 Å². The zero-order chi connectivity index (χ0) is 14.1. The van der Waals surface area contributed by atoms with Crippen LogP contribution in [0.4, 0.5) is 0 Å². The van der Waals surface area contributed by atoms with E-state index in [9.17, 15) is 14.7 Å². The first-order valence-corrected chi connectivity index (χ1v) is 6.61. The third-order valence-electron chi connectivity index (χ3n) is 3.68. The fourth-order valence-electron chi connectivity index (χ4n) is 2.68. The van der Waals surface area contributed by atoms with E-state index in [0.29, 0.717) is 30.0 Å². The van der Waals surface area contributed by atoms with E-state index in [2.05, 4.69) is 0 Å². The van der Waals surface area contributed by atoms with Crippen LogP contribution in [-0.4, -0.2) is 41.3 Å². The number of rotatable bonds is 2. The fraction of sp³-hybridized carbons (Fsp3) is 0.429. The Morgan fingerprint density at radius 3 is 2.90 bits per heavy atom. The second-order valence-corrected chi connectivity index (χ2v) is 4.89. The third-order valence-corrected chi connectivity index (χ3v) is 3.68. The normalized spacial score (nSPS) is 20.8. The van der Waals surface area contributed by atoms with Gasteiger partial charge in [0.1, 0.15) is 6.04 Å². The Morgan fingerprint density at radius 2 is 2.10 bits per heavy atom. The molecule has 0 bridgehead atoms. The maximum Gasteiger partial charge on any atom is 0.326 e.